The molecule has 0 aliphatic heterocycles. The molecule has 0 rings (SSSR count). The Morgan fingerprint density at radius 2 is 0.804 bits per heavy atom. The second kappa shape index (κ2) is 21.0. The number of alkyl halides is 11. The molecule has 0 aliphatic carbocycles. The molecule has 0 fully saturated rings. The Kier molecular flexibility index (Phi) is 20.5. The van der Waals surface area contributed by atoms with Crippen LogP contribution in [-0.4, -0.2) is 159 Å². The number of sulfonamides is 1. The average molecular weight is 730 g/mol. The molecule has 0 heterocycles. The lowest BCUT2D eigenvalue weighted by atomic mass is 10.0. The van der Waals surface area contributed by atoms with Crippen LogP contribution in [0.1, 0.15) is 6.92 Å². The highest BCUT2D eigenvalue weighted by atomic mass is 32.2. The third-order valence-corrected chi connectivity index (χ3v) is 7.50. The molecule has 0 amide bonds. The van der Waals surface area contributed by atoms with Gasteiger partial charge >= 0.3 is 29.2 Å². The summed E-state index contributed by atoms with van der Waals surface area (Å²) in [5.41, 5.74) is 0. The first-order chi connectivity index (χ1) is 21.3. The summed E-state index contributed by atoms with van der Waals surface area (Å²) in [4.78, 5) is 0. The van der Waals surface area contributed by atoms with Gasteiger partial charge in [0.1, 0.15) is 0 Å². The van der Waals surface area contributed by atoms with Gasteiger partial charge in [0.05, 0.1) is 99.1 Å². The number of nitrogens with zero attached hydrogens (tertiary/aromatic N) is 1. The summed E-state index contributed by atoms with van der Waals surface area (Å²) in [6.07, 6.45) is -7.41. The highest BCUT2D eigenvalue weighted by Gasteiger charge is 2.89. The Hall–Kier alpha value is -1.18. The van der Waals surface area contributed by atoms with Gasteiger partial charge in [-0.3, -0.25) is 0 Å². The molecule has 278 valence electrons. The average Bonchev–Trinajstić information content (AvgIpc) is 2.96. The Morgan fingerprint density at radius 1 is 0.500 bits per heavy atom. The molecule has 0 saturated heterocycles. The third kappa shape index (κ3) is 13.0. The van der Waals surface area contributed by atoms with E-state index < -0.39 is 63.2 Å². The van der Waals surface area contributed by atoms with E-state index in [0.717, 1.165) is 6.92 Å². The van der Waals surface area contributed by atoms with Crippen molar-refractivity contribution < 1.29 is 95.0 Å². The molecular weight excluding hydrogens is 691 g/mol. The number of hydrogen-bond donors (Lipinski definition) is 1. The van der Waals surface area contributed by atoms with Crippen molar-refractivity contribution in [3.8, 4) is 0 Å². The molecule has 0 atom stereocenters. The highest BCUT2D eigenvalue weighted by molar-refractivity contribution is 7.90. The summed E-state index contributed by atoms with van der Waals surface area (Å²) in [5.74, 6) is -23.2. The molecule has 0 saturated carbocycles. The van der Waals surface area contributed by atoms with Crippen LogP contribution in [0, 0.1) is 0 Å². The van der Waals surface area contributed by atoms with Gasteiger partial charge in [-0.1, -0.05) is 6.92 Å². The molecule has 0 spiro atoms. The van der Waals surface area contributed by atoms with E-state index in [9.17, 15) is 56.7 Å². The van der Waals surface area contributed by atoms with Crippen molar-refractivity contribution in [1.29, 1.82) is 0 Å². The maximum Gasteiger partial charge on any atom is 0.460 e. The maximum atomic E-state index is 14.1. The standard InChI is InChI=1S/C23H38F11NO10S/c1-2-35(46(37,38)23(33,34)21(28,29)19(24,25)20(26,27)22(30,31)32)3-5-39-7-9-41-11-13-43-15-17-45-18-16-44-14-12-42-10-8-40-6-4-36/h36H,2-18H2,1H3. The molecule has 0 aliphatic rings. The van der Waals surface area contributed by atoms with Gasteiger partial charge in [0.15, 0.2) is 0 Å². The molecule has 11 nitrogen and oxygen atoms in total. The molecule has 46 heavy (non-hydrogen) atoms. The van der Waals surface area contributed by atoms with Crippen LogP contribution in [0.4, 0.5) is 48.3 Å². The van der Waals surface area contributed by atoms with E-state index >= 15 is 0 Å². The van der Waals surface area contributed by atoms with Crippen LogP contribution in [0.15, 0.2) is 0 Å². The minimum absolute atomic E-state index is 0.0467. The maximum absolute atomic E-state index is 14.1. The fourth-order valence-corrected chi connectivity index (χ4v) is 4.41. The van der Waals surface area contributed by atoms with Crippen molar-refractivity contribution in [3.05, 3.63) is 0 Å². The molecule has 0 aromatic heterocycles. The number of aliphatic hydroxyl groups excluding tert-OH is 1. The van der Waals surface area contributed by atoms with Gasteiger partial charge in [0.2, 0.25) is 0 Å². The number of hydrogen-bond acceptors (Lipinski definition) is 10. The van der Waals surface area contributed by atoms with E-state index in [-0.39, 0.29) is 52.9 Å². The second-order valence-electron chi connectivity index (χ2n) is 8.74. The zero-order chi connectivity index (χ0) is 35.5. The van der Waals surface area contributed by atoms with Gasteiger partial charge in [-0.2, -0.15) is 52.6 Å². The van der Waals surface area contributed by atoms with E-state index in [4.69, 9.17) is 38.3 Å². The van der Waals surface area contributed by atoms with Crippen LogP contribution in [0.3, 0.4) is 0 Å². The van der Waals surface area contributed by atoms with Crippen LogP contribution in [0.25, 0.3) is 0 Å². The summed E-state index contributed by atoms with van der Waals surface area (Å²) in [6, 6.07) is 0. The molecule has 0 radical (unpaired) electrons. The summed E-state index contributed by atoms with van der Waals surface area (Å²) in [7, 11) is -6.91. The quantitative estimate of drug-likeness (QED) is 0.0910. The van der Waals surface area contributed by atoms with Crippen molar-refractivity contribution in [2.75, 3.05) is 112 Å². The lowest BCUT2D eigenvalue weighted by Gasteiger charge is -2.38. The van der Waals surface area contributed by atoms with E-state index in [1.807, 2.05) is 0 Å². The van der Waals surface area contributed by atoms with Gasteiger partial charge in [-0.15, -0.1) is 0 Å². The van der Waals surface area contributed by atoms with Crippen LogP contribution < -0.4 is 0 Å². The summed E-state index contributed by atoms with van der Waals surface area (Å²) in [6.45, 7) is 0.159. The molecular formula is C23H38F11NO10S. The topological polar surface area (TPSA) is 122 Å². The fraction of sp³-hybridized carbons (Fsp3) is 1.00. The number of likely N-dealkylation sites (N-methyl/N-ethyl adjacent to an activating group) is 1. The third-order valence-electron chi connectivity index (χ3n) is 5.48. The zero-order valence-electron chi connectivity index (χ0n) is 24.7. The molecule has 0 bridgehead atoms. The van der Waals surface area contributed by atoms with Crippen LogP contribution >= 0.6 is 0 Å². The van der Waals surface area contributed by atoms with E-state index in [2.05, 4.69) is 0 Å². The number of halogens is 11. The predicted octanol–water partition coefficient (Wildman–Crippen LogP) is 2.81. The Balaban J connectivity index is 4.24. The second-order valence-corrected chi connectivity index (χ2v) is 10.7. The van der Waals surface area contributed by atoms with Gasteiger partial charge in [0.25, 0.3) is 10.0 Å². The Morgan fingerprint density at radius 3 is 1.09 bits per heavy atom. The monoisotopic (exact) mass is 729 g/mol. The first-order valence-electron chi connectivity index (χ1n) is 13.5. The van der Waals surface area contributed by atoms with Crippen LogP contribution in [0.2, 0.25) is 0 Å². The Bertz CT molecular complexity index is 916. The minimum Gasteiger partial charge on any atom is -0.394 e. The zero-order valence-corrected chi connectivity index (χ0v) is 25.5. The SMILES string of the molecule is CCN(CCOCCOCCOCCOCCOCCOCCOCCO)S(=O)(=O)C(F)(F)C(F)(F)C(F)(F)C(F)(F)C(F)(F)F. The molecule has 0 aromatic carbocycles. The van der Waals surface area contributed by atoms with E-state index in [1.54, 1.807) is 0 Å². The van der Waals surface area contributed by atoms with E-state index in [1.165, 1.54) is 0 Å². The Labute approximate surface area is 258 Å². The summed E-state index contributed by atoms with van der Waals surface area (Å²) in [5, 5.41) is 1.45. The number of aliphatic hydroxyl groups is 1. The normalized spacial score (nSPS) is 14.0. The smallest absolute Gasteiger partial charge is 0.394 e. The number of rotatable bonds is 29. The lowest BCUT2D eigenvalue weighted by Crippen LogP contribution is -2.69. The largest absolute Gasteiger partial charge is 0.460 e. The first kappa shape index (κ1) is 44.8. The molecule has 23 heteroatoms. The molecule has 0 aromatic rings. The van der Waals surface area contributed by atoms with Gasteiger partial charge in [0, 0.05) is 13.1 Å². The van der Waals surface area contributed by atoms with Gasteiger partial charge in [-0.05, 0) is 0 Å². The van der Waals surface area contributed by atoms with Crippen molar-refractivity contribution in [2.45, 2.75) is 36.1 Å². The van der Waals surface area contributed by atoms with Crippen molar-refractivity contribution >= 4 is 10.0 Å². The van der Waals surface area contributed by atoms with Crippen LogP contribution in [0.5, 0.6) is 0 Å². The van der Waals surface area contributed by atoms with Crippen molar-refractivity contribution in [2.24, 2.45) is 0 Å². The molecule has 1 N–H and O–H groups in total. The van der Waals surface area contributed by atoms with Crippen molar-refractivity contribution in [3.63, 3.8) is 0 Å². The first-order valence-corrected chi connectivity index (χ1v) is 14.9. The number of ether oxygens (including phenoxy) is 7. The summed E-state index contributed by atoms with van der Waals surface area (Å²) >= 11 is 0. The van der Waals surface area contributed by atoms with Crippen molar-refractivity contribution in [1.82, 2.24) is 4.31 Å². The lowest BCUT2D eigenvalue weighted by molar-refractivity contribution is -0.413. The van der Waals surface area contributed by atoms with E-state index in [0.29, 0.717) is 39.6 Å². The highest BCUT2D eigenvalue weighted by Crippen LogP contribution is 2.58. The van der Waals surface area contributed by atoms with Crippen LogP contribution in [-0.2, 0) is 43.2 Å². The van der Waals surface area contributed by atoms with Gasteiger partial charge < -0.3 is 38.3 Å². The summed E-state index contributed by atoms with van der Waals surface area (Å²) < 4.78 is 205. The molecule has 0 unspecified atom stereocenters. The fourth-order valence-electron chi connectivity index (χ4n) is 2.98. The van der Waals surface area contributed by atoms with Gasteiger partial charge in [-0.25, -0.2) is 8.42 Å². The predicted molar refractivity (Wildman–Crippen MR) is 135 cm³/mol. The minimum atomic E-state index is -7.84.